The average Bonchev–Trinajstić information content (AvgIpc) is 2.58. The summed E-state index contributed by atoms with van der Waals surface area (Å²) in [4.78, 5) is 0. The number of benzene rings is 1. The van der Waals surface area contributed by atoms with E-state index in [2.05, 4.69) is 17.5 Å². The van der Waals surface area contributed by atoms with Crippen molar-refractivity contribution < 1.29 is 0 Å². The lowest BCUT2D eigenvalue weighted by molar-refractivity contribution is 0.589. The van der Waals surface area contributed by atoms with E-state index in [9.17, 15) is 0 Å². The van der Waals surface area contributed by atoms with Crippen molar-refractivity contribution in [2.24, 2.45) is 0 Å². The second kappa shape index (κ2) is 5.20. The second-order valence-corrected chi connectivity index (χ2v) is 4.82. The van der Waals surface area contributed by atoms with E-state index in [0.29, 0.717) is 6.04 Å². The number of nitriles is 1. The van der Waals surface area contributed by atoms with Gasteiger partial charge in [0.25, 0.3) is 0 Å². The van der Waals surface area contributed by atoms with Crippen molar-refractivity contribution in [2.75, 3.05) is 18.1 Å². The lowest BCUT2D eigenvalue weighted by atomic mass is 10.1. The smallest absolute Gasteiger partial charge is 0.0991 e. The molecule has 2 nitrogen and oxygen atoms in total. The summed E-state index contributed by atoms with van der Waals surface area (Å²) in [5.74, 6) is 2.34. The Morgan fingerprint density at radius 2 is 2.40 bits per heavy atom. The fourth-order valence-electron chi connectivity index (χ4n) is 1.75. The van der Waals surface area contributed by atoms with Gasteiger partial charge >= 0.3 is 0 Å². The van der Waals surface area contributed by atoms with Crippen LogP contribution >= 0.6 is 11.8 Å². The highest BCUT2D eigenvalue weighted by Crippen LogP contribution is 2.22. The summed E-state index contributed by atoms with van der Waals surface area (Å²) in [6.07, 6.45) is 1.24. The van der Waals surface area contributed by atoms with E-state index in [1.54, 1.807) is 0 Å². The molecule has 1 heterocycles. The van der Waals surface area contributed by atoms with Crippen molar-refractivity contribution in [3.8, 4) is 6.07 Å². The SMILES string of the molecule is N#Cc1cccc(C2CSCCCN2)c1. The molecule has 1 fully saturated rings. The van der Waals surface area contributed by atoms with Gasteiger partial charge in [0.2, 0.25) is 0 Å². The Bertz CT molecular complexity index is 362. The number of nitrogens with zero attached hydrogens (tertiary/aromatic N) is 1. The maximum atomic E-state index is 8.84. The minimum absolute atomic E-state index is 0.408. The molecule has 1 aromatic rings. The first kappa shape index (κ1) is 10.5. The van der Waals surface area contributed by atoms with Gasteiger partial charge in [0, 0.05) is 11.8 Å². The standard InChI is InChI=1S/C12H14N2S/c13-8-10-3-1-4-11(7-10)12-9-15-6-2-5-14-12/h1,3-4,7,12,14H,2,5-6,9H2. The second-order valence-electron chi connectivity index (χ2n) is 3.67. The van der Waals surface area contributed by atoms with E-state index >= 15 is 0 Å². The van der Waals surface area contributed by atoms with Gasteiger partial charge in [-0.15, -0.1) is 0 Å². The van der Waals surface area contributed by atoms with Crippen LogP contribution in [-0.4, -0.2) is 18.1 Å². The molecule has 2 rings (SSSR count). The largest absolute Gasteiger partial charge is 0.309 e. The first-order chi connectivity index (χ1) is 7.40. The molecule has 0 amide bonds. The normalized spacial score (nSPS) is 21.7. The van der Waals surface area contributed by atoms with Gasteiger partial charge in [0.1, 0.15) is 0 Å². The predicted octanol–water partition coefficient (Wildman–Crippen LogP) is 2.33. The fourth-order valence-corrected chi connectivity index (χ4v) is 2.81. The molecule has 3 heteroatoms. The summed E-state index contributed by atoms with van der Waals surface area (Å²) in [7, 11) is 0. The van der Waals surface area contributed by atoms with Gasteiger partial charge in [-0.2, -0.15) is 17.0 Å². The highest BCUT2D eigenvalue weighted by atomic mass is 32.2. The van der Waals surface area contributed by atoms with Crippen molar-refractivity contribution in [3.63, 3.8) is 0 Å². The summed E-state index contributed by atoms with van der Waals surface area (Å²) in [6.45, 7) is 1.08. The summed E-state index contributed by atoms with van der Waals surface area (Å²) < 4.78 is 0. The number of hydrogen-bond acceptors (Lipinski definition) is 3. The molecule has 0 bridgehead atoms. The zero-order valence-corrected chi connectivity index (χ0v) is 9.39. The molecule has 1 unspecified atom stereocenters. The van der Waals surface area contributed by atoms with Crippen LogP contribution in [0, 0.1) is 11.3 Å². The van der Waals surface area contributed by atoms with Crippen LogP contribution in [0.5, 0.6) is 0 Å². The number of hydrogen-bond donors (Lipinski definition) is 1. The third-order valence-corrected chi connectivity index (χ3v) is 3.71. The van der Waals surface area contributed by atoms with E-state index in [-0.39, 0.29) is 0 Å². The molecule has 1 aliphatic rings. The first-order valence-corrected chi connectivity index (χ1v) is 6.37. The molecular weight excluding hydrogens is 204 g/mol. The Kier molecular flexibility index (Phi) is 3.65. The zero-order chi connectivity index (χ0) is 10.5. The molecule has 0 aromatic heterocycles. The fraction of sp³-hybridized carbons (Fsp3) is 0.417. The number of thioether (sulfide) groups is 1. The molecule has 0 radical (unpaired) electrons. The molecule has 78 valence electrons. The molecule has 1 aromatic carbocycles. The van der Waals surface area contributed by atoms with Crippen molar-refractivity contribution in [2.45, 2.75) is 12.5 Å². The molecule has 1 aliphatic heterocycles. The van der Waals surface area contributed by atoms with E-state index in [1.165, 1.54) is 17.7 Å². The highest BCUT2D eigenvalue weighted by Gasteiger charge is 2.13. The lowest BCUT2D eigenvalue weighted by Gasteiger charge is -2.15. The number of nitrogens with one attached hydrogen (secondary N) is 1. The van der Waals surface area contributed by atoms with Crippen molar-refractivity contribution >= 4 is 11.8 Å². The molecule has 1 N–H and O–H groups in total. The van der Waals surface area contributed by atoms with Crippen molar-refractivity contribution in [1.29, 1.82) is 5.26 Å². The van der Waals surface area contributed by atoms with Gasteiger partial charge in [-0.3, -0.25) is 0 Å². The van der Waals surface area contributed by atoms with Crippen LogP contribution in [0.3, 0.4) is 0 Å². The van der Waals surface area contributed by atoms with Crippen LogP contribution in [0.2, 0.25) is 0 Å². The Morgan fingerprint density at radius 1 is 1.47 bits per heavy atom. The van der Waals surface area contributed by atoms with Gasteiger partial charge < -0.3 is 5.32 Å². The van der Waals surface area contributed by atoms with Gasteiger partial charge in [-0.05, 0) is 36.4 Å². The van der Waals surface area contributed by atoms with E-state index < -0.39 is 0 Å². The third-order valence-electron chi connectivity index (χ3n) is 2.56. The van der Waals surface area contributed by atoms with Gasteiger partial charge in [-0.1, -0.05) is 12.1 Å². The Balaban J connectivity index is 2.16. The van der Waals surface area contributed by atoms with Crippen LogP contribution in [0.4, 0.5) is 0 Å². The van der Waals surface area contributed by atoms with E-state index in [4.69, 9.17) is 5.26 Å². The lowest BCUT2D eigenvalue weighted by Crippen LogP contribution is -2.22. The molecular formula is C12H14N2S. The monoisotopic (exact) mass is 218 g/mol. The maximum absolute atomic E-state index is 8.84. The molecule has 0 aliphatic carbocycles. The van der Waals surface area contributed by atoms with Crippen LogP contribution in [0.1, 0.15) is 23.6 Å². The minimum Gasteiger partial charge on any atom is -0.309 e. The molecule has 1 atom stereocenters. The van der Waals surface area contributed by atoms with Gasteiger partial charge in [0.05, 0.1) is 11.6 Å². The zero-order valence-electron chi connectivity index (χ0n) is 8.57. The van der Waals surface area contributed by atoms with E-state index in [0.717, 1.165) is 17.9 Å². The Labute approximate surface area is 94.7 Å². The van der Waals surface area contributed by atoms with Crippen LogP contribution in [0.15, 0.2) is 24.3 Å². The minimum atomic E-state index is 0.408. The van der Waals surface area contributed by atoms with Crippen LogP contribution in [-0.2, 0) is 0 Å². The van der Waals surface area contributed by atoms with Crippen molar-refractivity contribution in [1.82, 2.24) is 5.32 Å². The first-order valence-electron chi connectivity index (χ1n) is 5.21. The highest BCUT2D eigenvalue weighted by molar-refractivity contribution is 7.99. The quantitative estimate of drug-likeness (QED) is 0.786. The predicted molar refractivity (Wildman–Crippen MR) is 63.8 cm³/mol. The Hall–Kier alpha value is -0.980. The molecule has 15 heavy (non-hydrogen) atoms. The van der Waals surface area contributed by atoms with Gasteiger partial charge in [-0.25, -0.2) is 0 Å². The summed E-state index contributed by atoms with van der Waals surface area (Å²) >= 11 is 1.99. The van der Waals surface area contributed by atoms with Crippen molar-refractivity contribution in [3.05, 3.63) is 35.4 Å². The van der Waals surface area contributed by atoms with Crippen LogP contribution < -0.4 is 5.32 Å². The summed E-state index contributed by atoms with van der Waals surface area (Å²) in [6, 6.07) is 10.5. The summed E-state index contributed by atoms with van der Waals surface area (Å²) in [5, 5.41) is 12.4. The molecule has 1 saturated heterocycles. The van der Waals surface area contributed by atoms with Crippen LogP contribution in [0.25, 0.3) is 0 Å². The number of rotatable bonds is 1. The van der Waals surface area contributed by atoms with E-state index in [1.807, 2.05) is 30.0 Å². The third kappa shape index (κ3) is 2.74. The average molecular weight is 218 g/mol. The maximum Gasteiger partial charge on any atom is 0.0991 e. The topological polar surface area (TPSA) is 35.8 Å². The van der Waals surface area contributed by atoms with Gasteiger partial charge in [0.15, 0.2) is 0 Å². The summed E-state index contributed by atoms with van der Waals surface area (Å²) in [5.41, 5.74) is 1.99. The molecule has 0 spiro atoms. The Morgan fingerprint density at radius 3 is 3.27 bits per heavy atom. The molecule has 0 saturated carbocycles.